The van der Waals surface area contributed by atoms with E-state index in [1.807, 2.05) is 0 Å². The van der Waals surface area contributed by atoms with E-state index in [1.165, 1.54) is 6.42 Å². The van der Waals surface area contributed by atoms with E-state index in [2.05, 4.69) is 24.4 Å². The average Bonchev–Trinajstić information content (AvgIpc) is 2.15. The van der Waals surface area contributed by atoms with E-state index in [1.54, 1.807) is 0 Å². The SMILES string of the molecule is CCC1(C)CCC/C(=N/NC(N)=O)C1. The minimum Gasteiger partial charge on any atom is -0.350 e. The van der Waals surface area contributed by atoms with Gasteiger partial charge < -0.3 is 5.73 Å². The molecule has 1 fully saturated rings. The molecule has 0 aromatic carbocycles. The molecule has 1 rings (SSSR count). The summed E-state index contributed by atoms with van der Waals surface area (Å²) >= 11 is 0. The lowest BCUT2D eigenvalue weighted by molar-refractivity contribution is 0.248. The second-order valence-corrected chi connectivity index (χ2v) is 4.35. The number of nitrogens with one attached hydrogen (secondary N) is 1. The van der Waals surface area contributed by atoms with Crippen LogP contribution in [0.15, 0.2) is 5.10 Å². The van der Waals surface area contributed by atoms with E-state index >= 15 is 0 Å². The van der Waals surface area contributed by atoms with E-state index in [0.717, 1.165) is 31.4 Å². The minimum absolute atomic E-state index is 0.358. The van der Waals surface area contributed by atoms with E-state index in [-0.39, 0.29) is 0 Å². The number of hydrazone groups is 1. The molecule has 1 saturated carbocycles. The normalized spacial score (nSPS) is 30.3. The summed E-state index contributed by atoms with van der Waals surface area (Å²) in [5, 5.41) is 4.02. The first-order chi connectivity index (χ1) is 6.56. The maximum absolute atomic E-state index is 10.5. The Labute approximate surface area is 84.9 Å². The molecule has 1 aliphatic carbocycles. The van der Waals surface area contributed by atoms with Gasteiger partial charge in [0.2, 0.25) is 0 Å². The fourth-order valence-electron chi connectivity index (χ4n) is 1.92. The molecular weight excluding hydrogens is 178 g/mol. The summed E-state index contributed by atoms with van der Waals surface area (Å²) in [6.07, 6.45) is 5.52. The Hall–Kier alpha value is -1.06. The number of carbonyl (C=O) groups excluding carboxylic acids is 1. The number of carbonyl (C=O) groups is 1. The van der Waals surface area contributed by atoms with Crippen molar-refractivity contribution in [2.24, 2.45) is 16.3 Å². The minimum atomic E-state index is -0.582. The second kappa shape index (κ2) is 4.44. The lowest BCUT2D eigenvalue weighted by atomic mass is 9.73. The van der Waals surface area contributed by atoms with Crippen LogP contribution in [0.4, 0.5) is 4.79 Å². The Morgan fingerprint density at radius 2 is 2.43 bits per heavy atom. The summed E-state index contributed by atoms with van der Waals surface area (Å²) in [5.41, 5.74) is 8.68. The van der Waals surface area contributed by atoms with Crippen molar-refractivity contribution in [1.29, 1.82) is 0 Å². The van der Waals surface area contributed by atoms with Gasteiger partial charge in [-0.1, -0.05) is 20.3 Å². The topological polar surface area (TPSA) is 67.5 Å². The highest BCUT2D eigenvalue weighted by Gasteiger charge is 2.28. The number of nitrogens with zero attached hydrogens (tertiary/aromatic N) is 1. The summed E-state index contributed by atoms with van der Waals surface area (Å²) in [6, 6.07) is -0.582. The molecule has 4 nitrogen and oxygen atoms in total. The van der Waals surface area contributed by atoms with Crippen molar-refractivity contribution in [1.82, 2.24) is 5.43 Å². The van der Waals surface area contributed by atoms with Gasteiger partial charge in [-0.3, -0.25) is 0 Å². The summed E-state index contributed by atoms with van der Waals surface area (Å²) in [4.78, 5) is 10.5. The van der Waals surface area contributed by atoms with Gasteiger partial charge in [-0.2, -0.15) is 5.10 Å². The van der Waals surface area contributed by atoms with Gasteiger partial charge in [0, 0.05) is 5.71 Å². The third kappa shape index (κ3) is 3.01. The van der Waals surface area contributed by atoms with Crippen LogP contribution in [0.3, 0.4) is 0 Å². The van der Waals surface area contributed by atoms with E-state index in [9.17, 15) is 4.79 Å². The highest BCUT2D eigenvalue weighted by Crippen LogP contribution is 2.37. The molecule has 1 aliphatic rings. The average molecular weight is 197 g/mol. The van der Waals surface area contributed by atoms with Gasteiger partial charge in [0.15, 0.2) is 0 Å². The van der Waals surface area contributed by atoms with Crippen LogP contribution >= 0.6 is 0 Å². The zero-order valence-corrected chi connectivity index (χ0v) is 8.97. The van der Waals surface area contributed by atoms with Gasteiger partial charge in [-0.25, -0.2) is 10.2 Å². The molecule has 4 heteroatoms. The molecule has 0 bridgehead atoms. The van der Waals surface area contributed by atoms with Crippen molar-refractivity contribution in [3.05, 3.63) is 0 Å². The van der Waals surface area contributed by atoms with Crippen LogP contribution in [0.1, 0.15) is 46.0 Å². The van der Waals surface area contributed by atoms with Crippen molar-refractivity contribution in [2.45, 2.75) is 46.0 Å². The Morgan fingerprint density at radius 1 is 1.71 bits per heavy atom. The lowest BCUT2D eigenvalue weighted by Gasteiger charge is -2.33. The number of hydrogen-bond acceptors (Lipinski definition) is 2. The summed E-state index contributed by atoms with van der Waals surface area (Å²) in [6.45, 7) is 4.47. The number of hydrogen-bond donors (Lipinski definition) is 2. The molecule has 0 saturated heterocycles. The predicted octanol–water partition coefficient (Wildman–Crippen LogP) is 2.00. The summed E-state index contributed by atoms with van der Waals surface area (Å²) < 4.78 is 0. The van der Waals surface area contributed by atoms with Gasteiger partial charge in [-0.05, 0) is 31.1 Å². The van der Waals surface area contributed by atoms with Crippen LogP contribution in [0.5, 0.6) is 0 Å². The molecule has 0 aliphatic heterocycles. The number of rotatable bonds is 2. The molecule has 0 aromatic heterocycles. The monoisotopic (exact) mass is 197 g/mol. The van der Waals surface area contributed by atoms with Crippen LogP contribution in [0, 0.1) is 5.41 Å². The van der Waals surface area contributed by atoms with Gasteiger partial charge >= 0.3 is 6.03 Å². The first-order valence-electron chi connectivity index (χ1n) is 5.16. The van der Waals surface area contributed by atoms with E-state index < -0.39 is 6.03 Å². The van der Waals surface area contributed by atoms with Crippen LogP contribution < -0.4 is 11.2 Å². The van der Waals surface area contributed by atoms with Crippen molar-refractivity contribution >= 4 is 11.7 Å². The van der Waals surface area contributed by atoms with Crippen LogP contribution in [0.25, 0.3) is 0 Å². The largest absolute Gasteiger partial charge is 0.350 e. The Bertz CT molecular complexity index is 250. The fraction of sp³-hybridized carbons (Fsp3) is 0.800. The molecule has 1 unspecified atom stereocenters. The quantitative estimate of drug-likeness (QED) is 0.653. The standard InChI is InChI=1S/C10H19N3O/c1-3-10(2)6-4-5-8(7-10)12-13-9(11)14/h3-7H2,1-2H3,(H3,11,13,14)/b12-8-. The molecule has 80 valence electrons. The molecule has 0 aromatic rings. The van der Waals surface area contributed by atoms with Crippen molar-refractivity contribution in [3.8, 4) is 0 Å². The van der Waals surface area contributed by atoms with Crippen molar-refractivity contribution in [2.75, 3.05) is 0 Å². The Kier molecular flexibility index (Phi) is 3.49. The second-order valence-electron chi connectivity index (χ2n) is 4.35. The molecule has 1 atom stereocenters. The number of amides is 2. The first kappa shape index (κ1) is 11.0. The van der Waals surface area contributed by atoms with Crippen molar-refractivity contribution < 1.29 is 4.79 Å². The highest BCUT2D eigenvalue weighted by molar-refractivity contribution is 5.87. The highest BCUT2D eigenvalue weighted by atomic mass is 16.2. The molecule has 2 amide bonds. The van der Waals surface area contributed by atoms with E-state index in [0.29, 0.717) is 5.41 Å². The third-order valence-electron chi connectivity index (χ3n) is 3.05. The zero-order chi connectivity index (χ0) is 10.6. The molecule has 0 radical (unpaired) electrons. The lowest BCUT2D eigenvalue weighted by Crippen LogP contribution is -2.30. The third-order valence-corrected chi connectivity index (χ3v) is 3.05. The van der Waals surface area contributed by atoms with Gasteiger partial charge in [0.1, 0.15) is 0 Å². The first-order valence-corrected chi connectivity index (χ1v) is 5.16. The predicted molar refractivity (Wildman–Crippen MR) is 57.0 cm³/mol. The van der Waals surface area contributed by atoms with Gasteiger partial charge in [0.25, 0.3) is 0 Å². The van der Waals surface area contributed by atoms with Crippen molar-refractivity contribution in [3.63, 3.8) is 0 Å². The number of nitrogens with two attached hydrogens (primary N) is 1. The van der Waals surface area contributed by atoms with Crippen LogP contribution in [-0.2, 0) is 0 Å². The Balaban J connectivity index is 2.55. The summed E-state index contributed by atoms with van der Waals surface area (Å²) in [7, 11) is 0. The number of urea groups is 1. The number of primary amides is 1. The molecule has 0 spiro atoms. The van der Waals surface area contributed by atoms with E-state index in [4.69, 9.17) is 5.73 Å². The van der Waals surface area contributed by atoms with Crippen LogP contribution in [-0.4, -0.2) is 11.7 Å². The molecule has 14 heavy (non-hydrogen) atoms. The fourth-order valence-corrected chi connectivity index (χ4v) is 1.92. The maximum Gasteiger partial charge on any atom is 0.332 e. The Morgan fingerprint density at radius 3 is 3.00 bits per heavy atom. The zero-order valence-electron chi connectivity index (χ0n) is 8.97. The van der Waals surface area contributed by atoms with Crippen LogP contribution in [0.2, 0.25) is 0 Å². The molecule has 0 heterocycles. The maximum atomic E-state index is 10.5. The van der Waals surface area contributed by atoms with Gasteiger partial charge in [0.05, 0.1) is 0 Å². The molecular formula is C10H19N3O. The van der Waals surface area contributed by atoms with Gasteiger partial charge in [-0.15, -0.1) is 0 Å². The summed E-state index contributed by atoms with van der Waals surface area (Å²) in [5.74, 6) is 0. The molecule has 3 N–H and O–H groups in total. The smallest absolute Gasteiger partial charge is 0.332 e.